The van der Waals surface area contributed by atoms with Crippen LogP contribution < -0.4 is 10.6 Å². The van der Waals surface area contributed by atoms with Gasteiger partial charge in [0.2, 0.25) is 5.91 Å². The molecule has 1 fully saturated rings. The Morgan fingerprint density at radius 1 is 1.08 bits per heavy atom. The third-order valence-corrected chi connectivity index (χ3v) is 4.99. The van der Waals surface area contributed by atoms with E-state index in [0.717, 1.165) is 38.3 Å². The fourth-order valence-electron chi connectivity index (χ4n) is 3.67. The number of amides is 1. The van der Waals surface area contributed by atoms with E-state index in [-0.39, 0.29) is 5.91 Å². The van der Waals surface area contributed by atoms with Gasteiger partial charge in [0.15, 0.2) is 0 Å². The van der Waals surface area contributed by atoms with Crippen LogP contribution in [-0.4, -0.2) is 36.5 Å². The predicted octanol–water partition coefficient (Wildman–Crippen LogP) is 3.44. The lowest BCUT2D eigenvalue weighted by Gasteiger charge is -2.35. The largest absolute Gasteiger partial charge is 0.326 e. The molecule has 1 aliphatic heterocycles. The fraction of sp³-hybridized carbons (Fsp3) is 0.409. The SMILES string of the molecule is CC(=O)Nc1cccc(CN(CCc2ccccc2)C2CCNCC2)c1. The summed E-state index contributed by atoms with van der Waals surface area (Å²) in [6.45, 7) is 5.72. The van der Waals surface area contributed by atoms with Crippen molar-refractivity contribution in [1.82, 2.24) is 10.2 Å². The number of anilines is 1. The molecule has 0 atom stereocenters. The van der Waals surface area contributed by atoms with E-state index in [9.17, 15) is 4.79 Å². The number of piperidine rings is 1. The molecule has 4 heteroatoms. The number of nitrogens with one attached hydrogen (secondary N) is 2. The van der Waals surface area contributed by atoms with Gasteiger partial charge in [0.05, 0.1) is 0 Å². The van der Waals surface area contributed by atoms with E-state index in [0.29, 0.717) is 6.04 Å². The minimum Gasteiger partial charge on any atom is -0.326 e. The molecule has 3 rings (SSSR count). The summed E-state index contributed by atoms with van der Waals surface area (Å²) in [6, 6.07) is 19.5. The van der Waals surface area contributed by atoms with Crippen molar-refractivity contribution >= 4 is 11.6 Å². The summed E-state index contributed by atoms with van der Waals surface area (Å²) >= 11 is 0. The molecule has 1 heterocycles. The van der Waals surface area contributed by atoms with Crippen LogP contribution in [0.25, 0.3) is 0 Å². The Kier molecular flexibility index (Phi) is 6.81. The van der Waals surface area contributed by atoms with Gasteiger partial charge in [-0.05, 0) is 55.6 Å². The van der Waals surface area contributed by atoms with Gasteiger partial charge in [0, 0.05) is 31.7 Å². The summed E-state index contributed by atoms with van der Waals surface area (Å²) < 4.78 is 0. The fourth-order valence-corrected chi connectivity index (χ4v) is 3.67. The molecule has 1 saturated heterocycles. The molecular weight excluding hydrogens is 322 g/mol. The van der Waals surface area contributed by atoms with Crippen molar-refractivity contribution in [2.24, 2.45) is 0 Å². The van der Waals surface area contributed by atoms with Gasteiger partial charge < -0.3 is 10.6 Å². The van der Waals surface area contributed by atoms with Crippen LogP contribution in [-0.2, 0) is 17.8 Å². The van der Waals surface area contributed by atoms with Crippen LogP contribution in [0.15, 0.2) is 54.6 Å². The lowest BCUT2D eigenvalue weighted by molar-refractivity contribution is -0.114. The summed E-state index contributed by atoms with van der Waals surface area (Å²) in [4.78, 5) is 13.9. The molecule has 2 N–H and O–H groups in total. The number of rotatable bonds is 7. The Morgan fingerprint density at radius 3 is 2.54 bits per heavy atom. The van der Waals surface area contributed by atoms with Crippen LogP contribution >= 0.6 is 0 Å². The highest BCUT2D eigenvalue weighted by Crippen LogP contribution is 2.19. The Morgan fingerprint density at radius 2 is 1.81 bits per heavy atom. The third kappa shape index (κ3) is 5.68. The second-order valence-corrected chi connectivity index (χ2v) is 7.07. The lowest BCUT2D eigenvalue weighted by atomic mass is 10.0. The zero-order valence-corrected chi connectivity index (χ0v) is 15.6. The number of benzene rings is 2. The van der Waals surface area contributed by atoms with Crippen molar-refractivity contribution in [1.29, 1.82) is 0 Å². The minimum atomic E-state index is -0.0264. The molecule has 1 aliphatic rings. The first-order valence-corrected chi connectivity index (χ1v) is 9.56. The molecule has 2 aromatic rings. The molecule has 0 spiro atoms. The van der Waals surface area contributed by atoms with Crippen LogP contribution in [0.2, 0.25) is 0 Å². The standard InChI is InChI=1S/C22H29N3O/c1-18(26)24-21-9-5-8-20(16-21)17-25(22-10-13-23-14-11-22)15-12-19-6-3-2-4-7-19/h2-9,16,22-23H,10-15,17H2,1H3,(H,24,26). The number of carbonyl (C=O) groups is 1. The van der Waals surface area contributed by atoms with E-state index < -0.39 is 0 Å². The number of hydrogen-bond acceptors (Lipinski definition) is 3. The van der Waals surface area contributed by atoms with E-state index in [4.69, 9.17) is 0 Å². The number of hydrogen-bond donors (Lipinski definition) is 2. The van der Waals surface area contributed by atoms with Gasteiger partial charge in [-0.2, -0.15) is 0 Å². The van der Waals surface area contributed by atoms with Crippen LogP contribution in [0.5, 0.6) is 0 Å². The van der Waals surface area contributed by atoms with Crippen LogP contribution in [0, 0.1) is 0 Å². The van der Waals surface area contributed by atoms with E-state index in [1.165, 1.54) is 24.0 Å². The second-order valence-electron chi connectivity index (χ2n) is 7.07. The molecule has 0 radical (unpaired) electrons. The smallest absolute Gasteiger partial charge is 0.221 e. The van der Waals surface area contributed by atoms with E-state index in [1.807, 2.05) is 12.1 Å². The Labute approximate surface area is 156 Å². The maximum atomic E-state index is 11.3. The van der Waals surface area contributed by atoms with Crippen LogP contribution in [0.3, 0.4) is 0 Å². The van der Waals surface area contributed by atoms with Gasteiger partial charge >= 0.3 is 0 Å². The topological polar surface area (TPSA) is 44.4 Å². The molecule has 0 saturated carbocycles. The van der Waals surface area contributed by atoms with E-state index in [2.05, 4.69) is 58.0 Å². The van der Waals surface area contributed by atoms with Crippen molar-refractivity contribution in [3.63, 3.8) is 0 Å². The first-order chi connectivity index (χ1) is 12.7. The maximum Gasteiger partial charge on any atom is 0.221 e. The highest BCUT2D eigenvalue weighted by atomic mass is 16.1. The van der Waals surface area contributed by atoms with Crippen molar-refractivity contribution in [2.75, 3.05) is 25.0 Å². The molecule has 2 aromatic carbocycles. The van der Waals surface area contributed by atoms with Gasteiger partial charge in [-0.3, -0.25) is 9.69 Å². The zero-order chi connectivity index (χ0) is 18.2. The summed E-state index contributed by atoms with van der Waals surface area (Å²) in [7, 11) is 0. The van der Waals surface area contributed by atoms with Gasteiger partial charge in [0.25, 0.3) is 0 Å². The van der Waals surface area contributed by atoms with Crippen LogP contribution in [0.1, 0.15) is 30.9 Å². The predicted molar refractivity (Wildman–Crippen MR) is 107 cm³/mol. The average molecular weight is 351 g/mol. The molecule has 0 aromatic heterocycles. The lowest BCUT2D eigenvalue weighted by Crippen LogP contribution is -2.43. The van der Waals surface area contributed by atoms with Crippen molar-refractivity contribution < 1.29 is 4.79 Å². The molecule has 26 heavy (non-hydrogen) atoms. The van der Waals surface area contributed by atoms with E-state index >= 15 is 0 Å². The Bertz CT molecular complexity index is 696. The summed E-state index contributed by atoms with van der Waals surface area (Å²) in [6.07, 6.45) is 3.45. The zero-order valence-electron chi connectivity index (χ0n) is 15.6. The van der Waals surface area contributed by atoms with Crippen molar-refractivity contribution in [3.05, 3.63) is 65.7 Å². The van der Waals surface area contributed by atoms with Gasteiger partial charge in [-0.1, -0.05) is 42.5 Å². The quantitative estimate of drug-likeness (QED) is 0.803. The van der Waals surface area contributed by atoms with Gasteiger partial charge in [-0.25, -0.2) is 0 Å². The minimum absolute atomic E-state index is 0.0264. The molecular formula is C22H29N3O. The Balaban J connectivity index is 1.69. The summed E-state index contributed by atoms with van der Waals surface area (Å²) in [5.41, 5.74) is 3.52. The number of carbonyl (C=O) groups excluding carboxylic acids is 1. The van der Waals surface area contributed by atoms with Gasteiger partial charge in [-0.15, -0.1) is 0 Å². The molecule has 1 amide bonds. The normalized spacial score (nSPS) is 15.2. The average Bonchev–Trinajstić information content (AvgIpc) is 2.66. The molecule has 0 aliphatic carbocycles. The highest BCUT2D eigenvalue weighted by molar-refractivity contribution is 5.88. The molecule has 138 valence electrons. The van der Waals surface area contributed by atoms with Crippen molar-refractivity contribution in [3.8, 4) is 0 Å². The van der Waals surface area contributed by atoms with Crippen molar-refractivity contribution in [2.45, 2.75) is 38.8 Å². The van der Waals surface area contributed by atoms with E-state index in [1.54, 1.807) is 6.92 Å². The monoisotopic (exact) mass is 351 g/mol. The summed E-state index contributed by atoms with van der Waals surface area (Å²) in [5, 5.41) is 6.35. The molecule has 0 unspecified atom stereocenters. The summed E-state index contributed by atoms with van der Waals surface area (Å²) in [5.74, 6) is -0.0264. The third-order valence-electron chi connectivity index (χ3n) is 4.99. The molecule has 4 nitrogen and oxygen atoms in total. The molecule has 0 bridgehead atoms. The van der Waals surface area contributed by atoms with Gasteiger partial charge in [0.1, 0.15) is 0 Å². The first kappa shape index (κ1) is 18.6. The number of nitrogens with zero attached hydrogens (tertiary/aromatic N) is 1. The van der Waals surface area contributed by atoms with Crippen LogP contribution in [0.4, 0.5) is 5.69 Å². The first-order valence-electron chi connectivity index (χ1n) is 9.56. The maximum absolute atomic E-state index is 11.3. The second kappa shape index (κ2) is 9.51. The highest BCUT2D eigenvalue weighted by Gasteiger charge is 2.21. The Hall–Kier alpha value is -2.17.